The van der Waals surface area contributed by atoms with E-state index < -0.39 is 0 Å². The lowest BCUT2D eigenvalue weighted by Gasteiger charge is -2.12. The summed E-state index contributed by atoms with van der Waals surface area (Å²) in [6, 6.07) is 121. The second-order valence-corrected chi connectivity index (χ2v) is 29.3. The van der Waals surface area contributed by atoms with E-state index in [1.807, 2.05) is 115 Å². The predicted octanol–water partition coefficient (Wildman–Crippen LogP) is 27.1. The number of hydrogen-bond donors (Lipinski definition) is 0. The third-order valence-electron chi connectivity index (χ3n) is 22.4. The van der Waals surface area contributed by atoms with Crippen LogP contribution in [0.15, 0.2) is 378 Å². The lowest BCUT2D eigenvalue weighted by Crippen LogP contribution is -1.94. The SMILES string of the molecule is c1ccc(-c2ccc3nc(-c4ccc5c(c4)c4cc(-c6nc7ccc(-c8cccc(-c9cc%10nc(-c%11ccc%12c(c%11)c%11cc(-c%13nc%14ccccc%14o%13)ccc%11n%12-c%11nc%12cc(-c%13ccccc%13)c(-c%13ccccc%13)cc%12o%11)oc%10cc9-c9ccccc9)c8)cc7o6)ccc4n5-c4nc5ccc(-c6ccccc6)cc5o4)oc3c2)cc1. The van der Waals surface area contributed by atoms with Crippen LogP contribution in [0.2, 0.25) is 0 Å². The Morgan fingerprint density at radius 3 is 0.888 bits per heavy atom. The number of para-hydroxylation sites is 2. The predicted molar refractivity (Wildman–Crippen MR) is 460 cm³/mol. The monoisotopic (exact) mass is 1490 g/mol. The number of aromatic nitrogens is 8. The summed E-state index contributed by atoms with van der Waals surface area (Å²) in [5.41, 5.74) is 29.9. The molecule has 0 atom stereocenters. The topological polar surface area (TPSA) is 166 Å². The number of fused-ring (bicyclic) bond motifs is 12. The number of oxazole rings is 6. The van der Waals surface area contributed by atoms with Crippen molar-refractivity contribution in [2.45, 2.75) is 0 Å². The van der Waals surface area contributed by atoms with E-state index in [1.54, 1.807) is 0 Å². The van der Waals surface area contributed by atoms with Crippen molar-refractivity contribution < 1.29 is 26.5 Å². The molecule has 0 aliphatic rings. The Morgan fingerprint density at radius 2 is 0.448 bits per heavy atom. The van der Waals surface area contributed by atoms with Gasteiger partial charge in [-0.05, 0) is 230 Å². The fraction of sp³-hybridized carbons (Fsp3) is 0. The molecule has 0 aliphatic heterocycles. The molecule has 0 N–H and O–H groups in total. The molecule has 0 aliphatic carbocycles. The van der Waals surface area contributed by atoms with Crippen molar-refractivity contribution in [2.24, 2.45) is 0 Å². The minimum Gasteiger partial charge on any atom is -0.436 e. The van der Waals surface area contributed by atoms with E-state index in [4.69, 9.17) is 56.4 Å². The van der Waals surface area contributed by atoms with Crippen LogP contribution >= 0.6 is 0 Å². The van der Waals surface area contributed by atoms with Gasteiger partial charge in [0.05, 0.1) is 22.1 Å². The van der Waals surface area contributed by atoms with Gasteiger partial charge in [-0.3, -0.25) is 9.13 Å². The van der Waals surface area contributed by atoms with Crippen molar-refractivity contribution in [1.29, 1.82) is 0 Å². The largest absolute Gasteiger partial charge is 0.436 e. The van der Waals surface area contributed by atoms with Gasteiger partial charge in [0.1, 0.15) is 33.1 Å². The van der Waals surface area contributed by atoms with Crippen LogP contribution in [0, 0.1) is 0 Å². The van der Waals surface area contributed by atoms with E-state index in [1.165, 1.54) is 0 Å². The summed E-state index contributed by atoms with van der Waals surface area (Å²) in [5.74, 6) is 1.99. The number of rotatable bonds is 13. The van der Waals surface area contributed by atoms with Crippen molar-refractivity contribution in [3.05, 3.63) is 352 Å². The summed E-state index contributed by atoms with van der Waals surface area (Å²) in [6.07, 6.45) is 0. The molecule has 0 radical (unpaired) electrons. The number of hydrogen-bond acceptors (Lipinski definition) is 12. The Kier molecular flexibility index (Phi) is 14.4. The molecule has 116 heavy (non-hydrogen) atoms. The summed E-state index contributed by atoms with van der Waals surface area (Å²) < 4.78 is 44.6. The van der Waals surface area contributed by atoms with Gasteiger partial charge in [0.15, 0.2) is 33.5 Å². The van der Waals surface area contributed by atoms with E-state index in [0.717, 1.165) is 171 Å². The molecule has 24 rings (SSSR count). The van der Waals surface area contributed by atoms with Crippen LogP contribution in [-0.4, -0.2) is 39.0 Å². The Labute approximate surface area is 659 Å². The Hall–Kier alpha value is -16.1. The van der Waals surface area contributed by atoms with Crippen molar-refractivity contribution in [3.63, 3.8) is 0 Å². The highest BCUT2D eigenvalue weighted by atomic mass is 16.4. The van der Waals surface area contributed by atoms with Gasteiger partial charge in [0.25, 0.3) is 0 Å². The zero-order valence-corrected chi connectivity index (χ0v) is 61.5. The van der Waals surface area contributed by atoms with Crippen molar-refractivity contribution >= 4 is 110 Å². The molecule has 14 heteroatoms. The van der Waals surface area contributed by atoms with Crippen molar-refractivity contribution in [2.75, 3.05) is 0 Å². The molecule has 16 aromatic carbocycles. The summed E-state index contributed by atoms with van der Waals surface area (Å²) in [6.45, 7) is 0. The molecule has 542 valence electrons. The summed E-state index contributed by atoms with van der Waals surface area (Å²) in [4.78, 5) is 30.8. The highest BCUT2D eigenvalue weighted by molar-refractivity contribution is 6.13. The van der Waals surface area contributed by atoms with Crippen LogP contribution in [-0.2, 0) is 0 Å². The molecule has 0 saturated heterocycles. The van der Waals surface area contributed by atoms with Gasteiger partial charge in [0.2, 0.25) is 23.6 Å². The zero-order chi connectivity index (χ0) is 76.1. The van der Waals surface area contributed by atoms with Crippen LogP contribution in [0.3, 0.4) is 0 Å². The van der Waals surface area contributed by atoms with Gasteiger partial charge in [-0.15, -0.1) is 0 Å². The third kappa shape index (κ3) is 10.8. The quantitative estimate of drug-likeness (QED) is 0.107. The van der Waals surface area contributed by atoms with Gasteiger partial charge in [0, 0.05) is 43.8 Å². The lowest BCUT2D eigenvalue weighted by atomic mass is 9.92. The van der Waals surface area contributed by atoms with Crippen LogP contribution in [0.1, 0.15) is 0 Å². The van der Waals surface area contributed by atoms with E-state index in [-0.39, 0.29) is 0 Å². The molecule has 0 bridgehead atoms. The Bertz CT molecular complexity index is 7980. The normalized spacial score (nSPS) is 12.0. The van der Waals surface area contributed by atoms with E-state index in [0.29, 0.717) is 74.6 Å². The van der Waals surface area contributed by atoms with Gasteiger partial charge in [-0.1, -0.05) is 200 Å². The molecule has 8 heterocycles. The average molecular weight is 1490 g/mol. The summed E-state index contributed by atoms with van der Waals surface area (Å²) >= 11 is 0. The van der Waals surface area contributed by atoms with Gasteiger partial charge >= 0.3 is 12.0 Å². The highest BCUT2D eigenvalue weighted by Gasteiger charge is 2.26. The number of benzene rings is 16. The fourth-order valence-electron chi connectivity index (χ4n) is 16.7. The molecule has 0 fully saturated rings. The van der Waals surface area contributed by atoms with Crippen molar-refractivity contribution in [1.82, 2.24) is 39.0 Å². The van der Waals surface area contributed by atoms with Gasteiger partial charge < -0.3 is 26.5 Å². The molecule has 0 saturated carbocycles. The molecule has 24 aromatic rings. The van der Waals surface area contributed by atoms with E-state index in [2.05, 4.69) is 246 Å². The minimum atomic E-state index is 0.433. The summed E-state index contributed by atoms with van der Waals surface area (Å²) in [5, 5.41) is 3.75. The van der Waals surface area contributed by atoms with Crippen molar-refractivity contribution in [3.8, 4) is 136 Å². The molecular formula is C102H58N8O6. The average Bonchev–Trinajstić information content (AvgIpc) is 1.57. The standard InChI is InChI=1S/C102H58N8O6/c1-6-19-59(20-7-1)65-33-40-82-92(52-65)112-98(104-82)70-37-44-87-78(49-70)79-50-71(38-45-88(79)109(87)101-107-84-42-34-66(53-94(84)115-101)60-21-8-2-9-22-60)99-105-83-41-35-67(54-93(83)113-99)64-29-18-30-68(47-64)74-56-85-95(57-76(74)63-27-14-5-15-28-63)114-100(106-85)72-39-46-90-80(51-72)77-48-69(97-103-81-31-16-17-32-91(81)111-97)36-43-89(77)110(90)102-108-86-55-73(61-23-10-3-11-24-61)75(58-96(86)116-102)62-25-12-4-13-26-62/h1-58H. The highest BCUT2D eigenvalue weighted by Crippen LogP contribution is 2.46. The second kappa shape index (κ2) is 25.8. The smallest absolute Gasteiger partial charge is 0.307 e. The molecule has 0 amide bonds. The first-order chi connectivity index (χ1) is 57.4. The molecular weight excluding hydrogens is 1430 g/mol. The minimum absolute atomic E-state index is 0.433. The maximum atomic E-state index is 6.92. The molecule has 14 nitrogen and oxygen atoms in total. The molecule has 0 unspecified atom stereocenters. The second-order valence-electron chi connectivity index (χ2n) is 29.3. The van der Waals surface area contributed by atoms with Crippen LogP contribution < -0.4 is 0 Å². The number of nitrogens with zero attached hydrogens (tertiary/aromatic N) is 8. The van der Waals surface area contributed by atoms with Gasteiger partial charge in [-0.2, -0.15) is 9.97 Å². The lowest BCUT2D eigenvalue weighted by molar-refractivity contribution is 0.574. The first-order valence-electron chi connectivity index (χ1n) is 38.4. The Balaban J connectivity index is 0.588. The first kappa shape index (κ1) is 64.7. The van der Waals surface area contributed by atoms with Crippen LogP contribution in [0.4, 0.5) is 0 Å². The maximum Gasteiger partial charge on any atom is 0.307 e. The van der Waals surface area contributed by atoms with E-state index >= 15 is 0 Å². The molecule has 8 aromatic heterocycles. The third-order valence-corrected chi connectivity index (χ3v) is 22.4. The Morgan fingerprint density at radius 1 is 0.164 bits per heavy atom. The van der Waals surface area contributed by atoms with Crippen LogP contribution in [0.25, 0.3) is 246 Å². The zero-order valence-electron chi connectivity index (χ0n) is 61.5. The van der Waals surface area contributed by atoms with E-state index in [9.17, 15) is 0 Å². The first-order valence-corrected chi connectivity index (χ1v) is 38.4. The van der Waals surface area contributed by atoms with Gasteiger partial charge in [-0.25, -0.2) is 19.9 Å². The summed E-state index contributed by atoms with van der Waals surface area (Å²) in [7, 11) is 0. The van der Waals surface area contributed by atoms with Crippen LogP contribution in [0.5, 0.6) is 0 Å². The fourth-order valence-corrected chi connectivity index (χ4v) is 16.7. The molecule has 0 spiro atoms. The maximum absolute atomic E-state index is 6.92.